The quantitative estimate of drug-likeness (QED) is 0.829. The summed E-state index contributed by atoms with van der Waals surface area (Å²) in [5, 5.41) is 0. The second kappa shape index (κ2) is 6.16. The molecule has 0 aliphatic rings. The number of Topliss-reactive ketones (excluding diaryl/α,β-unsaturated/α-hetero) is 1. The van der Waals surface area contributed by atoms with Gasteiger partial charge in [0.2, 0.25) is 0 Å². The van der Waals surface area contributed by atoms with Crippen molar-refractivity contribution in [1.29, 1.82) is 0 Å². The summed E-state index contributed by atoms with van der Waals surface area (Å²) in [5.74, 6) is 0.622. The third-order valence-corrected chi connectivity index (χ3v) is 4.12. The number of ketones is 1. The summed E-state index contributed by atoms with van der Waals surface area (Å²) in [6.45, 7) is 6.71. The van der Waals surface area contributed by atoms with Gasteiger partial charge in [0.15, 0.2) is 0 Å². The lowest BCUT2D eigenvalue weighted by atomic mass is 9.90. The predicted octanol–water partition coefficient (Wildman–Crippen LogP) is 2.65. The zero-order chi connectivity index (χ0) is 12.1. The van der Waals surface area contributed by atoms with Gasteiger partial charge in [0, 0.05) is 28.6 Å². The molecule has 0 aliphatic carbocycles. The van der Waals surface area contributed by atoms with E-state index in [1.54, 1.807) is 11.3 Å². The highest BCUT2D eigenvalue weighted by atomic mass is 32.1. The molecule has 3 heteroatoms. The van der Waals surface area contributed by atoms with Crippen LogP contribution in [0.1, 0.15) is 30.5 Å². The monoisotopic (exact) mass is 239 g/mol. The number of hydrogen-bond donors (Lipinski definition) is 1. The van der Waals surface area contributed by atoms with Gasteiger partial charge in [0.05, 0.1) is 0 Å². The van der Waals surface area contributed by atoms with Crippen LogP contribution in [0.15, 0.2) is 12.1 Å². The molecule has 16 heavy (non-hydrogen) atoms. The highest BCUT2D eigenvalue weighted by Crippen LogP contribution is 2.20. The Morgan fingerprint density at radius 3 is 2.44 bits per heavy atom. The first-order chi connectivity index (χ1) is 7.58. The summed E-state index contributed by atoms with van der Waals surface area (Å²) in [6.07, 6.45) is 1.59. The predicted molar refractivity (Wildman–Crippen MR) is 69.8 cm³/mol. The third kappa shape index (κ3) is 3.42. The van der Waals surface area contributed by atoms with Crippen LogP contribution >= 0.6 is 11.3 Å². The van der Waals surface area contributed by atoms with E-state index in [0.29, 0.717) is 18.9 Å². The van der Waals surface area contributed by atoms with Crippen LogP contribution in [0.5, 0.6) is 0 Å². The van der Waals surface area contributed by atoms with E-state index in [-0.39, 0.29) is 11.7 Å². The van der Waals surface area contributed by atoms with Gasteiger partial charge in [0.25, 0.3) is 0 Å². The van der Waals surface area contributed by atoms with E-state index < -0.39 is 0 Å². The number of rotatable bonds is 6. The molecular weight excluding hydrogens is 218 g/mol. The zero-order valence-corrected chi connectivity index (χ0v) is 11.1. The minimum Gasteiger partial charge on any atom is -0.330 e. The van der Waals surface area contributed by atoms with Gasteiger partial charge in [0.1, 0.15) is 5.78 Å². The van der Waals surface area contributed by atoms with Crippen molar-refractivity contribution < 1.29 is 4.79 Å². The molecule has 2 N–H and O–H groups in total. The van der Waals surface area contributed by atoms with Crippen molar-refractivity contribution in [3.63, 3.8) is 0 Å². The van der Waals surface area contributed by atoms with E-state index >= 15 is 0 Å². The number of carbonyl (C=O) groups excluding carboxylic acids is 1. The molecule has 2 nitrogen and oxygen atoms in total. The summed E-state index contributed by atoms with van der Waals surface area (Å²) in [7, 11) is 0. The van der Waals surface area contributed by atoms with E-state index in [9.17, 15) is 4.79 Å². The van der Waals surface area contributed by atoms with Gasteiger partial charge < -0.3 is 5.73 Å². The maximum atomic E-state index is 12.0. The summed E-state index contributed by atoms with van der Waals surface area (Å²) in [6, 6.07) is 4.18. The number of hydrogen-bond acceptors (Lipinski definition) is 3. The summed E-state index contributed by atoms with van der Waals surface area (Å²) in [5.41, 5.74) is 5.64. The van der Waals surface area contributed by atoms with Gasteiger partial charge in [-0.3, -0.25) is 4.79 Å². The molecule has 1 rings (SSSR count). The van der Waals surface area contributed by atoms with Crippen LogP contribution in [0.25, 0.3) is 0 Å². The number of aryl methyl sites for hydroxylation is 1. The summed E-state index contributed by atoms with van der Waals surface area (Å²) in [4.78, 5) is 14.5. The average molecular weight is 239 g/mol. The molecule has 1 heterocycles. The van der Waals surface area contributed by atoms with Gasteiger partial charge in [-0.05, 0) is 24.5 Å². The molecule has 1 unspecified atom stereocenters. The van der Waals surface area contributed by atoms with Gasteiger partial charge in [-0.2, -0.15) is 0 Å². The Kier molecular flexibility index (Phi) is 5.16. The smallest absolute Gasteiger partial charge is 0.142 e. The molecular formula is C13H21NOS. The van der Waals surface area contributed by atoms with Gasteiger partial charge in [-0.15, -0.1) is 11.3 Å². The van der Waals surface area contributed by atoms with Gasteiger partial charge in [-0.1, -0.05) is 20.8 Å². The maximum Gasteiger partial charge on any atom is 0.142 e. The standard InChI is InChI=1S/C13H21NOS/c1-4-10-5-6-11(16-10)7-13(15)12(8-14)9(2)3/h5-6,9,12H,4,7-8,14H2,1-3H3. The largest absolute Gasteiger partial charge is 0.330 e. The molecule has 0 amide bonds. The van der Waals surface area contributed by atoms with Crippen molar-refractivity contribution in [3.05, 3.63) is 21.9 Å². The zero-order valence-electron chi connectivity index (χ0n) is 10.3. The minimum atomic E-state index is 0.00664. The lowest BCUT2D eigenvalue weighted by molar-refractivity contribution is -0.123. The lowest BCUT2D eigenvalue weighted by Gasteiger charge is -2.16. The van der Waals surface area contributed by atoms with Crippen LogP contribution in [0.4, 0.5) is 0 Å². The van der Waals surface area contributed by atoms with Gasteiger partial charge >= 0.3 is 0 Å². The number of nitrogens with two attached hydrogens (primary N) is 1. The Hall–Kier alpha value is -0.670. The fourth-order valence-electron chi connectivity index (χ4n) is 1.79. The molecule has 0 bridgehead atoms. The van der Waals surface area contributed by atoms with Crippen LogP contribution in [-0.4, -0.2) is 12.3 Å². The second-order valence-electron chi connectivity index (χ2n) is 4.45. The maximum absolute atomic E-state index is 12.0. The second-order valence-corrected chi connectivity index (χ2v) is 5.70. The van der Waals surface area contributed by atoms with Crippen LogP contribution in [0.3, 0.4) is 0 Å². The first kappa shape index (κ1) is 13.4. The van der Waals surface area contributed by atoms with Crippen molar-refractivity contribution in [1.82, 2.24) is 0 Å². The van der Waals surface area contributed by atoms with E-state index in [1.807, 2.05) is 0 Å². The number of carbonyl (C=O) groups is 1. The van der Waals surface area contributed by atoms with Crippen molar-refractivity contribution >= 4 is 17.1 Å². The van der Waals surface area contributed by atoms with E-state index in [1.165, 1.54) is 9.75 Å². The molecule has 0 spiro atoms. The fourth-order valence-corrected chi connectivity index (χ4v) is 2.75. The first-order valence-corrected chi connectivity index (χ1v) is 6.70. The third-order valence-electron chi connectivity index (χ3n) is 2.89. The van der Waals surface area contributed by atoms with Crippen LogP contribution in [-0.2, 0) is 17.6 Å². The summed E-state index contributed by atoms with van der Waals surface area (Å²) >= 11 is 1.74. The van der Waals surface area contributed by atoms with Gasteiger partial charge in [-0.25, -0.2) is 0 Å². The van der Waals surface area contributed by atoms with E-state index in [2.05, 4.69) is 32.9 Å². The van der Waals surface area contributed by atoms with Crippen LogP contribution in [0.2, 0.25) is 0 Å². The fraction of sp³-hybridized carbons (Fsp3) is 0.615. The molecule has 90 valence electrons. The number of thiophene rings is 1. The molecule has 0 radical (unpaired) electrons. The Morgan fingerprint density at radius 1 is 1.38 bits per heavy atom. The molecule has 1 aromatic heterocycles. The van der Waals surface area contributed by atoms with Crippen LogP contribution < -0.4 is 5.73 Å². The average Bonchev–Trinajstić information content (AvgIpc) is 2.65. The topological polar surface area (TPSA) is 43.1 Å². The molecule has 0 aromatic carbocycles. The highest BCUT2D eigenvalue weighted by Gasteiger charge is 2.20. The Bertz CT molecular complexity index is 343. The van der Waals surface area contributed by atoms with E-state index in [4.69, 9.17) is 5.73 Å². The normalized spacial score (nSPS) is 13.1. The SMILES string of the molecule is CCc1ccc(CC(=O)C(CN)C(C)C)s1. The van der Waals surface area contributed by atoms with Crippen LogP contribution in [0, 0.1) is 11.8 Å². The molecule has 0 saturated carbocycles. The molecule has 1 atom stereocenters. The molecule has 1 aromatic rings. The molecule has 0 saturated heterocycles. The Balaban J connectivity index is 2.62. The van der Waals surface area contributed by atoms with E-state index in [0.717, 1.165) is 6.42 Å². The summed E-state index contributed by atoms with van der Waals surface area (Å²) < 4.78 is 0. The highest BCUT2D eigenvalue weighted by molar-refractivity contribution is 7.12. The minimum absolute atomic E-state index is 0.00664. The lowest BCUT2D eigenvalue weighted by Crippen LogP contribution is -2.29. The Morgan fingerprint density at radius 2 is 2.00 bits per heavy atom. The van der Waals surface area contributed by atoms with Crippen molar-refractivity contribution in [3.8, 4) is 0 Å². The van der Waals surface area contributed by atoms with Crippen molar-refractivity contribution in [2.75, 3.05) is 6.54 Å². The molecule has 0 aliphatic heterocycles. The first-order valence-electron chi connectivity index (χ1n) is 5.88. The van der Waals surface area contributed by atoms with Crippen molar-refractivity contribution in [2.45, 2.75) is 33.6 Å². The molecule has 0 fully saturated rings. The van der Waals surface area contributed by atoms with Crippen molar-refractivity contribution in [2.24, 2.45) is 17.6 Å². The Labute approximate surface area is 102 Å².